The second kappa shape index (κ2) is 6.31. The minimum Gasteiger partial charge on any atom is -0.385 e. The minimum absolute atomic E-state index is 0.00505. The van der Waals surface area contributed by atoms with Gasteiger partial charge in [-0.2, -0.15) is 0 Å². The summed E-state index contributed by atoms with van der Waals surface area (Å²) in [6, 6.07) is 0.00505. The van der Waals surface area contributed by atoms with E-state index in [4.69, 9.17) is 9.47 Å². The lowest BCUT2D eigenvalue weighted by atomic mass is 10.2. The van der Waals surface area contributed by atoms with Crippen LogP contribution >= 0.6 is 0 Å². The molecule has 0 spiro atoms. The first-order valence-corrected chi connectivity index (χ1v) is 4.79. The van der Waals surface area contributed by atoms with Crippen LogP contribution in [0.2, 0.25) is 0 Å². The fourth-order valence-corrected chi connectivity index (χ4v) is 1.41. The number of methoxy groups -OCH3 is 2. The van der Waals surface area contributed by atoms with Crippen LogP contribution in [-0.2, 0) is 9.47 Å². The Morgan fingerprint density at radius 2 is 2.27 bits per heavy atom. The van der Waals surface area contributed by atoms with Gasteiger partial charge in [0.05, 0.1) is 18.8 Å². The van der Waals surface area contributed by atoms with Gasteiger partial charge in [0, 0.05) is 33.2 Å². The normalized spacial score (nSPS) is 12.7. The molecule has 1 atom stereocenters. The van der Waals surface area contributed by atoms with Crippen LogP contribution in [0.4, 0.5) is 0 Å². The molecule has 0 aliphatic heterocycles. The summed E-state index contributed by atoms with van der Waals surface area (Å²) in [5, 5.41) is 0. The van der Waals surface area contributed by atoms with Crippen molar-refractivity contribution in [3.8, 4) is 0 Å². The third-order valence-electron chi connectivity index (χ3n) is 2.16. The van der Waals surface area contributed by atoms with Gasteiger partial charge in [-0.3, -0.25) is 9.78 Å². The van der Waals surface area contributed by atoms with Gasteiger partial charge >= 0.3 is 0 Å². The van der Waals surface area contributed by atoms with Gasteiger partial charge in [-0.15, -0.1) is 0 Å². The van der Waals surface area contributed by atoms with Gasteiger partial charge in [0.15, 0.2) is 0 Å². The zero-order valence-corrected chi connectivity index (χ0v) is 9.05. The van der Waals surface area contributed by atoms with Crippen molar-refractivity contribution in [2.75, 3.05) is 27.4 Å². The van der Waals surface area contributed by atoms with E-state index in [2.05, 4.69) is 4.98 Å². The maximum Gasteiger partial charge on any atom is 0.269 e. The van der Waals surface area contributed by atoms with Crippen molar-refractivity contribution in [3.05, 3.63) is 28.9 Å². The summed E-state index contributed by atoms with van der Waals surface area (Å²) in [6.45, 7) is 1.09. The van der Waals surface area contributed by atoms with Crippen LogP contribution < -0.4 is 5.56 Å². The number of hydrogen-bond donors (Lipinski definition) is 0. The van der Waals surface area contributed by atoms with E-state index in [9.17, 15) is 4.79 Å². The molecule has 0 fully saturated rings. The summed E-state index contributed by atoms with van der Waals surface area (Å²) in [5.74, 6) is 0. The molecule has 1 heterocycles. The van der Waals surface area contributed by atoms with E-state index in [1.165, 1.54) is 6.20 Å². The van der Waals surface area contributed by atoms with Gasteiger partial charge in [-0.05, 0) is 6.42 Å². The van der Waals surface area contributed by atoms with Gasteiger partial charge in [-0.25, -0.2) is 0 Å². The average molecular weight is 212 g/mol. The summed E-state index contributed by atoms with van der Waals surface area (Å²) in [5.41, 5.74) is -0.115. The summed E-state index contributed by atoms with van der Waals surface area (Å²) < 4.78 is 11.7. The molecule has 0 N–H and O–H groups in total. The first-order chi connectivity index (χ1) is 7.29. The monoisotopic (exact) mass is 212 g/mol. The van der Waals surface area contributed by atoms with E-state index in [-0.39, 0.29) is 11.6 Å². The van der Waals surface area contributed by atoms with Crippen molar-refractivity contribution >= 4 is 0 Å². The van der Waals surface area contributed by atoms with Crippen LogP contribution in [0.15, 0.2) is 23.4 Å². The molecule has 5 heteroatoms. The predicted octanol–water partition coefficient (Wildman–Crippen LogP) is 0.467. The van der Waals surface area contributed by atoms with E-state index in [0.717, 1.165) is 6.42 Å². The summed E-state index contributed by atoms with van der Waals surface area (Å²) in [7, 11) is 3.26. The minimum atomic E-state index is -0.115. The molecule has 5 nitrogen and oxygen atoms in total. The van der Waals surface area contributed by atoms with Gasteiger partial charge in [0.1, 0.15) is 0 Å². The SMILES string of the molecule is COCCC(COC)n1ccncc1=O. The zero-order valence-electron chi connectivity index (χ0n) is 9.05. The standard InChI is InChI=1S/C10H16N2O3/c1-14-6-3-9(8-15-2)12-5-4-11-7-10(12)13/h4-5,7,9H,3,6,8H2,1-2H3. The molecular weight excluding hydrogens is 196 g/mol. The van der Waals surface area contributed by atoms with Crippen molar-refractivity contribution in [2.45, 2.75) is 12.5 Å². The molecule has 1 aromatic rings. The van der Waals surface area contributed by atoms with Crippen LogP contribution in [0.25, 0.3) is 0 Å². The molecule has 0 amide bonds. The first-order valence-electron chi connectivity index (χ1n) is 4.79. The molecule has 0 bridgehead atoms. The Morgan fingerprint density at radius 3 is 2.87 bits per heavy atom. The third kappa shape index (κ3) is 3.45. The maximum atomic E-state index is 11.5. The summed E-state index contributed by atoms with van der Waals surface area (Å²) in [4.78, 5) is 15.3. The van der Waals surface area contributed by atoms with Gasteiger partial charge in [0.25, 0.3) is 5.56 Å². The number of rotatable bonds is 6. The Hall–Kier alpha value is -1.20. The summed E-state index contributed by atoms with van der Waals surface area (Å²) >= 11 is 0. The fraction of sp³-hybridized carbons (Fsp3) is 0.600. The molecular formula is C10H16N2O3. The van der Waals surface area contributed by atoms with Crippen molar-refractivity contribution in [2.24, 2.45) is 0 Å². The lowest BCUT2D eigenvalue weighted by Gasteiger charge is -2.17. The molecule has 1 unspecified atom stereocenters. The van der Waals surface area contributed by atoms with E-state index in [0.29, 0.717) is 13.2 Å². The highest BCUT2D eigenvalue weighted by Gasteiger charge is 2.11. The molecule has 0 saturated heterocycles. The quantitative estimate of drug-likeness (QED) is 0.687. The van der Waals surface area contributed by atoms with Crippen LogP contribution in [0.3, 0.4) is 0 Å². The smallest absolute Gasteiger partial charge is 0.269 e. The van der Waals surface area contributed by atoms with Crippen LogP contribution in [0, 0.1) is 0 Å². The zero-order chi connectivity index (χ0) is 11.1. The van der Waals surface area contributed by atoms with E-state index < -0.39 is 0 Å². The largest absolute Gasteiger partial charge is 0.385 e. The molecule has 15 heavy (non-hydrogen) atoms. The molecule has 0 aliphatic carbocycles. The average Bonchev–Trinajstić information content (AvgIpc) is 2.25. The van der Waals surface area contributed by atoms with Crippen molar-refractivity contribution in [1.82, 2.24) is 9.55 Å². The first kappa shape index (κ1) is 11.9. The molecule has 0 aliphatic rings. The molecule has 0 aromatic carbocycles. The fourth-order valence-electron chi connectivity index (χ4n) is 1.41. The van der Waals surface area contributed by atoms with Crippen LogP contribution in [0.1, 0.15) is 12.5 Å². The van der Waals surface area contributed by atoms with Crippen LogP contribution in [-0.4, -0.2) is 37.0 Å². The molecule has 0 radical (unpaired) electrons. The molecule has 84 valence electrons. The number of hydrogen-bond acceptors (Lipinski definition) is 4. The second-order valence-electron chi connectivity index (χ2n) is 3.21. The summed E-state index contributed by atoms with van der Waals surface area (Å²) in [6.07, 6.45) is 5.31. The van der Waals surface area contributed by atoms with Gasteiger partial charge in [0.2, 0.25) is 0 Å². The number of ether oxygens (including phenoxy) is 2. The van der Waals surface area contributed by atoms with Crippen LogP contribution in [0.5, 0.6) is 0 Å². The van der Waals surface area contributed by atoms with Gasteiger partial charge < -0.3 is 14.0 Å². The maximum absolute atomic E-state index is 11.5. The molecule has 1 aromatic heterocycles. The number of nitrogens with zero attached hydrogens (tertiary/aromatic N) is 2. The van der Waals surface area contributed by atoms with E-state index >= 15 is 0 Å². The van der Waals surface area contributed by atoms with Crippen molar-refractivity contribution in [3.63, 3.8) is 0 Å². The van der Waals surface area contributed by atoms with Crippen molar-refractivity contribution in [1.29, 1.82) is 0 Å². The Labute approximate surface area is 88.7 Å². The highest BCUT2D eigenvalue weighted by atomic mass is 16.5. The Balaban J connectivity index is 2.79. The topological polar surface area (TPSA) is 53.4 Å². The molecule has 1 rings (SSSR count). The molecule has 0 saturated carbocycles. The van der Waals surface area contributed by atoms with Crippen molar-refractivity contribution < 1.29 is 9.47 Å². The Kier molecular flexibility index (Phi) is 5.00. The van der Waals surface area contributed by atoms with E-state index in [1.54, 1.807) is 31.2 Å². The highest BCUT2D eigenvalue weighted by molar-refractivity contribution is 4.84. The number of aromatic nitrogens is 2. The Morgan fingerprint density at radius 1 is 1.47 bits per heavy atom. The van der Waals surface area contributed by atoms with E-state index in [1.807, 2.05) is 0 Å². The highest BCUT2D eigenvalue weighted by Crippen LogP contribution is 2.08. The Bertz CT molecular complexity index is 337. The lowest BCUT2D eigenvalue weighted by molar-refractivity contribution is 0.119. The third-order valence-corrected chi connectivity index (χ3v) is 2.16. The predicted molar refractivity (Wildman–Crippen MR) is 55.9 cm³/mol. The second-order valence-corrected chi connectivity index (χ2v) is 3.21. The lowest BCUT2D eigenvalue weighted by Crippen LogP contribution is -2.27. The van der Waals surface area contributed by atoms with Gasteiger partial charge in [-0.1, -0.05) is 0 Å².